The number of hydrogen-bond donors (Lipinski definition) is 2. The van der Waals surface area contributed by atoms with Crippen LogP contribution < -0.4 is 5.73 Å². The molecule has 0 amide bonds. The Balaban J connectivity index is 2.61. The predicted octanol–water partition coefficient (Wildman–Crippen LogP) is 0.692. The van der Waals surface area contributed by atoms with Gasteiger partial charge in [0, 0.05) is 0 Å². The van der Waals surface area contributed by atoms with Gasteiger partial charge in [0.05, 0.1) is 5.92 Å². The first kappa shape index (κ1) is 8.53. The molecule has 1 saturated carbocycles. The summed E-state index contributed by atoms with van der Waals surface area (Å²) in [4.78, 5) is 10.7. The second-order valence-electron chi connectivity index (χ2n) is 3.40. The summed E-state index contributed by atoms with van der Waals surface area (Å²) < 4.78 is 0. The fourth-order valence-electron chi connectivity index (χ4n) is 1.97. The number of carboxylic acid groups (broad SMARTS) is 1. The van der Waals surface area contributed by atoms with Gasteiger partial charge in [0.2, 0.25) is 0 Å². The summed E-state index contributed by atoms with van der Waals surface area (Å²) in [7, 11) is 0. The molecule has 1 aliphatic carbocycles. The van der Waals surface area contributed by atoms with Crippen LogP contribution in [0.15, 0.2) is 0 Å². The SMILES string of the molecule is C[C@H]1CC[C@H](C(=O)O)[C@@H]1CN. The molecule has 1 fully saturated rings. The normalized spacial score (nSPS) is 37.5. The van der Waals surface area contributed by atoms with Crippen molar-refractivity contribution >= 4 is 5.97 Å². The molecule has 0 bridgehead atoms. The van der Waals surface area contributed by atoms with Gasteiger partial charge in [-0.1, -0.05) is 6.92 Å². The lowest BCUT2D eigenvalue weighted by Crippen LogP contribution is -2.27. The summed E-state index contributed by atoms with van der Waals surface area (Å²) in [5, 5.41) is 8.78. The number of rotatable bonds is 2. The highest BCUT2D eigenvalue weighted by atomic mass is 16.4. The van der Waals surface area contributed by atoms with Crippen LogP contribution in [0.1, 0.15) is 19.8 Å². The maximum absolute atomic E-state index is 10.7. The molecule has 0 spiro atoms. The molecule has 0 radical (unpaired) electrons. The molecule has 64 valence electrons. The molecule has 0 aromatic rings. The molecule has 1 aliphatic rings. The van der Waals surface area contributed by atoms with E-state index < -0.39 is 5.97 Å². The molecule has 0 aromatic heterocycles. The lowest BCUT2D eigenvalue weighted by Gasteiger charge is -2.16. The first-order valence-electron chi connectivity index (χ1n) is 4.09. The molecule has 3 nitrogen and oxygen atoms in total. The maximum Gasteiger partial charge on any atom is 0.306 e. The van der Waals surface area contributed by atoms with Gasteiger partial charge >= 0.3 is 5.97 Å². The van der Waals surface area contributed by atoms with E-state index in [1.54, 1.807) is 0 Å². The number of nitrogens with two attached hydrogens (primary N) is 1. The summed E-state index contributed by atoms with van der Waals surface area (Å²) in [5.41, 5.74) is 5.49. The van der Waals surface area contributed by atoms with Gasteiger partial charge < -0.3 is 10.8 Å². The van der Waals surface area contributed by atoms with Gasteiger partial charge in [-0.25, -0.2) is 0 Å². The van der Waals surface area contributed by atoms with E-state index >= 15 is 0 Å². The van der Waals surface area contributed by atoms with E-state index in [1.807, 2.05) is 0 Å². The number of aliphatic carboxylic acids is 1. The van der Waals surface area contributed by atoms with E-state index in [9.17, 15) is 4.79 Å². The highest BCUT2D eigenvalue weighted by Crippen LogP contribution is 2.35. The Bertz CT molecular complexity index is 158. The third kappa shape index (κ3) is 1.53. The van der Waals surface area contributed by atoms with Crippen molar-refractivity contribution in [1.29, 1.82) is 0 Å². The molecular weight excluding hydrogens is 142 g/mol. The molecule has 1 rings (SSSR count). The molecule has 3 N–H and O–H groups in total. The van der Waals surface area contributed by atoms with Gasteiger partial charge in [-0.05, 0) is 31.2 Å². The molecule has 0 aliphatic heterocycles. The minimum atomic E-state index is -0.676. The zero-order chi connectivity index (χ0) is 8.43. The van der Waals surface area contributed by atoms with Crippen LogP contribution in [0.4, 0.5) is 0 Å². The number of carboxylic acids is 1. The van der Waals surface area contributed by atoms with Gasteiger partial charge in [0.15, 0.2) is 0 Å². The summed E-state index contributed by atoms with van der Waals surface area (Å²) in [6.07, 6.45) is 1.82. The maximum atomic E-state index is 10.7. The van der Waals surface area contributed by atoms with Gasteiger partial charge in [0.25, 0.3) is 0 Å². The summed E-state index contributed by atoms with van der Waals surface area (Å²) in [6.45, 7) is 2.60. The molecule has 3 heteroatoms. The van der Waals surface area contributed by atoms with Crippen molar-refractivity contribution in [2.75, 3.05) is 6.54 Å². The topological polar surface area (TPSA) is 63.3 Å². The Morgan fingerprint density at radius 3 is 2.64 bits per heavy atom. The monoisotopic (exact) mass is 157 g/mol. The molecular formula is C8H15NO2. The van der Waals surface area contributed by atoms with E-state index in [0.717, 1.165) is 12.8 Å². The van der Waals surface area contributed by atoms with Gasteiger partial charge in [-0.15, -0.1) is 0 Å². The van der Waals surface area contributed by atoms with Crippen LogP contribution in [0.25, 0.3) is 0 Å². The highest BCUT2D eigenvalue weighted by Gasteiger charge is 2.36. The second kappa shape index (κ2) is 3.22. The summed E-state index contributed by atoms with van der Waals surface area (Å²) in [5.74, 6) is -0.173. The third-order valence-corrected chi connectivity index (χ3v) is 2.77. The van der Waals surface area contributed by atoms with Gasteiger partial charge in [0.1, 0.15) is 0 Å². The molecule has 0 heterocycles. The van der Waals surface area contributed by atoms with Gasteiger partial charge in [-0.3, -0.25) is 4.79 Å². The standard InChI is InChI=1S/C8H15NO2/c1-5-2-3-6(8(10)11)7(5)4-9/h5-7H,2-4,9H2,1H3,(H,10,11)/t5-,6-,7+/m0/s1. The Labute approximate surface area is 66.6 Å². The van der Waals surface area contributed by atoms with E-state index in [0.29, 0.717) is 12.5 Å². The largest absolute Gasteiger partial charge is 0.481 e. The van der Waals surface area contributed by atoms with Crippen LogP contribution in [0.3, 0.4) is 0 Å². The number of hydrogen-bond acceptors (Lipinski definition) is 2. The van der Waals surface area contributed by atoms with E-state index in [1.165, 1.54) is 0 Å². The average Bonchev–Trinajstić information content (AvgIpc) is 2.30. The van der Waals surface area contributed by atoms with Crippen molar-refractivity contribution in [2.24, 2.45) is 23.5 Å². The lowest BCUT2D eigenvalue weighted by atomic mass is 9.91. The average molecular weight is 157 g/mol. The molecule has 3 atom stereocenters. The van der Waals surface area contributed by atoms with Crippen LogP contribution in [-0.2, 0) is 4.79 Å². The van der Waals surface area contributed by atoms with Crippen LogP contribution in [0.2, 0.25) is 0 Å². The molecule has 0 saturated heterocycles. The van der Waals surface area contributed by atoms with Crippen LogP contribution in [0.5, 0.6) is 0 Å². The highest BCUT2D eigenvalue weighted by molar-refractivity contribution is 5.70. The second-order valence-corrected chi connectivity index (χ2v) is 3.40. The quantitative estimate of drug-likeness (QED) is 0.620. The first-order valence-corrected chi connectivity index (χ1v) is 4.09. The van der Waals surface area contributed by atoms with E-state index in [2.05, 4.69) is 6.92 Å². The van der Waals surface area contributed by atoms with Crippen molar-refractivity contribution < 1.29 is 9.90 Å². The summed E-state index contributed by atoms with van der Waals surface area (Å²) >= 11 is 0. The smallest absolute Gasteiger partial charge is 0.306 e. The van der Waals surface area contributed by atoms with Crippen LogP contribution in [-0.4, -0.2) is 17.6 Å². The Morgan fingerprint density at radius 2 is 2.27 bits per heavy atom. The Kier molecular flexibility index (Phi) is 2.49. The Hall–Kier alpha value is -0.570. The fraction of sp³-hybridized carbons (Fsp3) is 0.875. The van der Waals surface area contributed by atoms with Crippen molar-refractivity contribution in [3.05, 3.63) is 0 Å². The fourth-order valence-corrected chi connectivity index (χ4v) is 1.97. The van der Waals surface area contributed by atoms with Crippen molar-refractivity contribution in [1.82, 2.24) is 0 Å². The first-order chi connectivity index (χ1) is 5.16. The molecule has 0 aromatic carbocycles. The van der Waals surface area contributed by atoms with Crippen molar-refractivity contribution in [3.63, 3.8) is 0 Å². The minimum absolute atomic E-state index is 0.185. The van der Waals surface area contributed by atoms with E-state index in [-0.39, 0.29) is 11.8 Å². The van der Waals surface area contributed by atoms with Crippen molar-refractivity contribution in [2.45, 2.75) is 19.8 Å². The van der Waals surface area contributed by atoms with Crippen LogP contribution in [0, 0.1) is 17.8 Å². The zero-order valence-corrected chi connectivity index (χ0v) is 6.79. The molecule has 11 heavy (non-hydrogen) atoms. The van der Waals surface area contributed by atoms with Crippen LogP contribution >= 0.6 is 0 Å². The third-order valence-electron chi connectivity index (χ3n) is 2.77. The lowest BCUT2D eigenvalue weighted by molar-refractivity contribution is -0.143. The summed E-state index contributed by atoms with van der Waals surface area (Å²) in [6, 6.07) is 0. The number of carbonyl (C=O) groups is 1. The Morgan fingerprint density at radius 1 is 1.64 bits per heavy atom. The van der Waals surface area contributed by atoms with E-state index in [4.69, 9.17) is 10.8 Å². The predicted molar refractivity (Wildman–Crippen MR) is 42.1 cm³/mol. The van der Waals surface area contributed by atoms with Crippen molar-refractivity contribution in [3.8, 4) is 0 Å². The molecule has 0 unspecified atom stereocenters. The van der Waals surface area contributed by atoms with Gasteiger partial charge in [-0.2, -0.15) is 0 Å². The minimum Gasteiger partial charge on any atom is -0.481 e. The zero-order valence-electron chi connectivity index (χ0n) is 6.79.